The quantitative estimate of drug-likeness (QED) is 0.482. The molecule has 3 unspecified atom stereocenters. The first kappa shape index (κ1) is 17.1. The molecule has 17 heavy (non-hydrogen) atoms. The fraction of sp³-hybridized carbons (Fsp3) is 0.667. The van der Waals surface area contributed by atoms with Gasteiger partial charge in [0, 0.05) is 4.57 Å². The molecule has 0 amide bonds. The van der Waals surface area contributed by atoms with Crippen molar-refractivity contribution in [1.29, 1.82) is 0 Å². The Morgan fingerprint density at radius 1 is 1.35 bits per heavy atom. The topological polar surface area (TPSA) is 130 Å². The summed E-state index contributed by atoms with van der Waals surface area (Å²) < 4.78 is 40.0. The minimum atomic E-state index is -5.00. The summed E-state index contributed by atoms with van der Waals surface area (Å²) in [7, 11) is -12.7. The molecule has 0 bridgehead atoms. The average Bonchev–Trinajstić information content (AvgIpc) is 1.95. The van der Waals surface area contributed by atoms with Gasteiger partial charge in [0.1, 0.15) is 0 Å². The highest BCUT2D eigenvalue weighted by Gasteiger charge is 2.41. The van der Waals surface area contributed by atoms with Crippen LogP contribution in [0.2, 0.25) is 0 Å². The summed E-state index contributed by atoms with van der Waals surface area (Å²) in [6.45, 7) is 3.55. The largest absolute Gasteiger partial charge is 0.705 e. The van der Waals surface area contributed by atoms with E-state index in [-0.39, 0.29) is 6.42 Å². The molecule has 0 saturated carbocycles. The van der Waals surface area contributed by atoms with Gasteiger partial charge in [-0.15, -0.1) is 4.89 Å². The Labute approximate surface area is 99.4 Å². The van der Waals surface area contributed by atoms with Crippen LogP contribution >= 0.6 is 23.7 Å². The Bertz CT molecular complexity index is 398. The van der Waals surface area contributed by atoms with Crippen LogP contribution in [0.4, 0.5) is 0 Å². The number of allylic oxidation sites excluding steroid dienone is 2. The maximum absolute atomic E-state index is 11.3. The first-order valence-electron chi connectivity index (χ1n) is 4.39. The fourth-order valence-electron chi connectivity index (χ4n) is 0.822. The number of hydrogen-bond donors (Lipinski definition) is 3. The summed E-state index contributed by atoms with van der Waals surface area (Å²) in [5, 5.41) is 0. The van der Waals surface area contributed by atoms with Crippen molar-refractivity contribution < 1.29 is 37.0 Å². The maximum atomic E-state index is 11.3. The fourth-order valence-corrected chi connectivity index (χ4v) is 3.99. The standard InChI is InChI=1S/C6H13O8P3/c1-6(2)4-3-5-16(9,10)14-17(11,12)13-15(7)8/h4H,3,5H2,1-2H3,(H2-,7,8,9,10,11,12)/p+1. The monoisotopic (exact) mass is 307 g/mol. The molecule has 8 nitrogen and oxygen atoms in total. The van der Waals surface area contributed by atoms with Gasteiger partial charge in [-0.25, -0.2) is 8.88 Å². The lowest BCUT2D eigenvalue weighted by atomic mass is 10.3. The van der Waals surface area contributed by atoms with E-state index in [1.54, 1.807) is 19.9 Å². The Morgan fingerprint density at radius 2 is 1.88 bits per heavy atom. The maximum Gasteiger partial charge on any atom is 0.705 e. The molecule has 0 heterocycles. The molecule has 0 aromatic rings. The molecule has 0 aromatic carbocycles. The van der Waals surface area contributed by atoms with E-state index in [9.17, 15) is 18.6 Å². The number of hydrogen-bond acceptors (Lipinski definition) is 5. The summed E-state index contributed by atoms with van der Waals surface area (Å²) in [6, 6.07) is 0. The average molecular weight is 307 g/mol. The highest BCUT2D eigenvalue weighted by molar-refractivity contribution is 7.66. The molecule has 0 radical (unpaired) electrons. The highest BCUT2D eigenvalue weighted by atomic mass is 31.3. The molecule has 0 aliphatic carbocycles. The van der Waals surface area contributed by atoms with Gasteiger partial charge in [-0.3, -0.25) is 9.46 Å². The van der Waals surface area contributed by atoms with Gasteiger partial charge in [-0.2, -0.15) is 0 Å². The van der Waals surface area contributed by atoms with E-state index >= 15 is 0 Å². The molecular formula is C6H14O8P3+. The van der Waals surface area contributed by atoms with Crippen molar-refractivity contribution in [2.45, 2.75) is 20.3 Å². The lowest BCUT2D eigenvalue weighted by Crippen LogP contribution is -1.94. The van der Waals surface area contributed by atoms with Crippen molar-refractivity contribution in [3.8, 4) is 0 Å². The van der Waals surface area contributed by atoms with Crippen molar-refractivity contribution in [2.24, 2.45) is 0 Å². The van der Waals surface area contributed by atoms with E-state index < -0.39 is 29.8 Å². The minimum absolute atomic E-state index is 0.168. The molecule has 11 heteroatoms. The molecule has 100 valence electrons. The molecule has 0 aliphatic heterocycles. The Morgan fingerprint density at radius 3 is 2.29 bits per heavy atom. The Hall–Kier alpha value is 0.1000. The molecule has 0 rings (SSSR count). The zero-order chi connectivity index (χ0) is 13.7. The van der Waals surface area contributed by atoms with Crippen molar-refractivity contribution in [3.63, 3.8) is 0 Å². The predicted molar refractivity (Wildman–Crippen MR) is 60.6 cm³/mol. The highest BCUT2D eigenvalue weighted by Crippen LogP contribution is 2.62. The van der Waals surface area contributed by atoms with Crippen molar-refractivity contribution >= 4 is 23.7 Å². The van der Waals surface area contributed by atoms with E-state index in [0.717, 1.165) is 5.57 Å². The molecule has 0 fully saturated rings. The van der Waals surface area contributed by atoms with Gasteiger partial charge in [0.05, 0.1) is 6.16 Å². The van der Waals surface area contributed by atoms with Crippen LogP contribution in [0.1, 0.15) is 20.3 Å². The van der Waals surface area contributed by atoms with E-state index in [1.807, 2.05) is 0 Å². The zero-order valence-electron chi connectivity index (χ0n) is 9.22. The number of rotatable bonds is 7. The molecule has 0 aliphatic rings. The smallest absolute Gasteiger partial charge is 0.324 e. The van der Waals surface area contributed by atoms with Crippen LogP contribution in [-0.4, -0.2) is 20.8 Å². The second-order valence-electron chi connectivity index (χ2n) is 3.30. The normalized spacial score (nSPS) is 19.0. The molecular weight excluding hydrogens is 293 g/mol. The zero-order valence-corrected chi connectivity index (χ0v) is 11.9. The van der Waals surface area contributed by atoms with Crippen LogP contribution in [0.5, 0.6) is 0 Å². The predicted octanol–water partition coefficient (Wildman–Crippen LogP) is 2.31. The van der Waals surface area contributed by atoms with E-state index in [4.69, 9.17) is 9.79 Å². The molecule has 0 spiro atoms. The molecule has 0 saturated heterocycles. The molecule has 3 N–H and O–H groups in total. The van der Waals surface area contributed by atoms with Gasteiger partial charge in [-0.1, -0.05) is 11.6 Å². The van der Waals surface area contributed by atoms with Crippen LogP contribution in [0, 0.1) is 0 Å². The van der Waals surface area contributed by atoms with Gasteiger partial charge in [0.2, 0.25) is 0 Å². The lowest BCUT2D eigenvalue weighted by molar-refractivity contribution is 0.263. The molecule has 0 aromatic heterocycles. The summed E-state index contributed by atoms with van der Waals surface area (Å²) in [4.78, 5) is 26.3. The van der Waals surface area contributed by atoms with Crippen LogP contribution < -0.4 is 0 Å². The van der Waals surface area contributed by atoms with Crippen molar-refractivity contribution in [2.75, 3.05) is 6.16 Å². The van der Waals surface area contributed by atoms with Crippen LogP contribution in [0.15, 0.2) is 11.6 Å². The second-order valence-corrected chi connectivity index (χ2v) is 7.74. The van der Waals surface area contributed by atoms with Crippen molar-refractivity contribution in [1.82, 2.24) is 0 Å². The summed E-state index contributed by atoms with van der Waals surface area (Å²) in [5.74, 6) is 0. The third-order valence-electron chi connectivity index (χ3n) is 1.37. The van der Waals surface area contributed by atoms with Crippen molar-refractivity contribution in [3.05, 3.63) is 11.6 Å². The van der Waals surface area contributed by atoms with Gasteiger partial charge < -0.3 is 4.89 Å². The second kappa shape index (κ2) is 6.88. The van der Waals surface area contributed by atoms with E-state index in [0.29, 0.717) is 0 Å². The number of phosphoric acid groups is 1. The first-order valence-corrected chi connectivity index (χ1v) is 8.78. The molecule has 3 atom stereocenters. The van der Waals surface area contributed by atoms with Gasteiger partial charge in [0.15, 0.2) is 0 Å². The van der Waals surface area contributed by atoms with Crippen LogP contribution in [-0.2, 0) is 22.3 Å². The SMILES string of the molecule is CC(C)=CCCP(=O)(O)OP(=O)(O)O[P+](=O)O. The van der Waals surface area contributed by atoms with E-state index in [1.165, 1.54) is 0 Å². The van der Waals surface area contributed by atoms with Gasteiger partial charge >= 0.3 is 23.7 Å². The Balaban J connectivity index is 4.44. The van der Waals surface area contributed by atoms with Gasteiger partial charge in [-0.05, 0) is 24.6 Å². The Kier molecular flexibility index (Phi) is 6.92. The summed E-state index contributed by atoms with van der Waals surface area (Å²) in [6.07, 6.45) is 1.41. The third kappa shape index (κ3) is 9.77. The van der Waals surface area contributed by atoms with Crippen LogP contribution in [0.3, 0.4) is 0 Å². The van der Waals surface area contributed by atoms with Crippen LogP contribution in [0.25, 0.3) is 0 Å². The van der Waals surface area contributed by atoms with Gasteiger partial charge in [0.25, 0.3) is 0 Å². The summed E-state index contributed by atoms with van der Waals surface area (Å²) >= 11 is 0. The minimum Gasteiger partial charge on any atom is -0.324 e. The lowest BCUT2D eigenvalue weighted by Gasteiger charge is -2.11. The van der Waals surface area contributed by atoms with E-state index in [2.05, 4.69) is 8.62 Å². The third-order valence-corrected chi connectivity index (χ3v) is 5.42. The first-order chi connectivity index (χ1) is 7.54. The summed E-state index contributed by atoms with van der Waals surface area (Å²) in [5.41, 5.74) is 0.909.